The number of halogens is 5. The van der Waals surface area contributed by atoms with Crippen LogP contribution in [0.5, 0.6) is 0 Å². The van der Waals surface area contributed by atoms with Crippen molar-refractivity contribution in [1.82, 2.24) is 4.57 Å². The van der Waals surface area contributed by atoms with Gasteiger partial charge < -0.3 is 4.57 Å². The highest BCUT2D eigenvalue weighted by atomic mass is 35.5. The quantitative estimate of drug-likeness (QED) is 0.723. The first-order chi connectivity index (χ1) is 9.62. The molecule has 0 amide bonds. The minimum Gasteiger partial charge on any atom is -0.307 e. The van der Waals surface area contributed by atoms with Crippen LogP contribution in [0.4, 0.5) is 17.6 Å². The number of benzene rings is 1. The summed E-state index contributed by atoms with van der Waals surface area (Å²) in [4.78, 5) is 12.0. The molecule has 0 N–H and O–H groups in total. The fourth-order valence-electron chi connectivity index (χ4n) is 1.99. The fraction of sp³-hybridized carbons (Fsp3) is 0.214. The highest BCUT2D eigenvalue weighted by Crippen LogP contribution is 2.30. The number of aromatic nitrogens is 1. The van der Waals surface area contributed by atoms with Gasteiger partial charge >= 0.3 is 6.18 Å². The van der Waals surface area contributed by atoms with Crippen LogP contribution >= 0.6 is 11.6 Å². The Morgan fingerprint density at radius 3 is 2.33 bits per heavy atom. The molecule has 0 saturated carbocycles. The van der Waals surface area contributed by atoms with Crippen LogP contribution in [0.25, 0.3) is 11.1 Å². The normalized spacial score (nSPS) is 11.8. The van der Waals surface area contributed by atoms with E-state index in [-0.39, 0.29) is 16.1 Å². The van der Waals surface area contributed by atoms with Crippen LogP contribution in [-0.4, -0.2) is 4.57 Å². The molecule has 0 radical (unpaired) electrons. The second-order valence-corrected chi connectivity index (χ2v) is 4.98. The van der Waals surface area contributed by atoms with Crippen molar-refractivity contribution in [2.24, 2.45) is 7.05 Å². The number of aryl methyl sites for hydroxylation is 1. The maximum atomic E-state index is 13.9. The maximum Gasteiger partial charge on any atom is 0.431 e. The highest BCUT2D eigenvalue weighted by Gasteiger charge is 2.34. The molecule has 0 atom stereocenters. The summed E-state index contributed by atoms with van der Waals surface area (Å²) >= 11 is 5.76. The van der Waals surface area contributed by atoms with Gasteiger partial charge in [-0.25, -0.2) is 4.39 Å². The second-order valence-electron chi connectivity index (χ2n) is 4.58. The third kappa shape index (κ3) is 2.81. The van der Waals surface area contributed by atoms with Gasteiger partial charge in [0.05, 0.1) is 5.56 Å². The monoisotopic (exact) mass is 319 g/mol. The van der Waals surface area contributed by atoms with E-state index in [2.05, 4.69) is 0 Å². The van der Waals surface area contributed by atoms with E-state index in [4.69, 9.17) is 11.6 Å². The van der Waals surface area contributed by atoms with E-state index in [1.165, 1.54) is 6.07 Å². The van der Waals surface area contributed by atoms with E-state index in [1.807, 2.05) is 0 Å². The van der Waals surface area contributed by atoms with Crippen molar-refractivity contribution in [2.45, 2.75) is 13.1 Å². The molecular weight excluding hydrogens is 310 g/mol. The van der Waals surface area contributed by atoms with E-state index in [0.29, 0.717) is 10.1 Å². The van der Waals surface area contributed by atoms with Gasteiger partial charge in [-0.3, -0.25) is 4.79 Å². The molecule has 0 saturated heterocycles. The van der Waals surface area contributed by atoms with Gasteiger partial charge in [-0.2, -0.15) is 13.2 Å². The van der Waals surface area contributed by atoms with Crippen molar-refractivity contribution in [1.29, 1.82) is 0 Å². The zero-order valence-electron chi connectivity index (χ0n) is 11.1. The van der Waals surface area contributed by atoms with Crippen molar-refractivity contribution in [2.75, 3.05) is 0 Å². The molecule has 21 heavy (non-hydrogen) atoms. The van der Waals surface area contributed by atoms with Crippen LogP contribution in [0, 0.1) is 12.7 Å². The Morgan fingerprint density at radius 1 is 1.14 bits per heavy atom. The Kier molecular flexibility index (Phi) is 3.84. The van der Waals surface area contributed by atoms with E-state index in [0.717, 1.165) is 25.2 Å². The maximum absolute atomic E-state index is 13.9. The number of alkyl halides is 3. The molecule has 1 aromatic heterocycles. The number of hydrogen-bond donors (Lipinski definition) is 0. The molecule has 112 valence electrons. The molecule has 2 aromatic rings. The SMILES string of the molecule is Cc1cc(-c2ccc(C(F)(F)F)n(C)c2=O)c(F)cc1Cl. The molecule has 0 spiro atoms. The fourth-order valence-corrected chi connectivity index (χ4v) is 2.14. The standard InChI is InChI=1S/C14H10ClF4NO/c1-7-5-9(11(16)6-10(7)15)8-3-4-12(14(17,18)19)20(2)13(8)21/h3-6H,1-2H3. The average molecular weight is 320 g/mol. The van der Waals surface area contributed by atoms with Gasteiger partial charge in [0.2, 0.25) is 0 Å². The van der Waals surface area contributed by atoms with Crippen LogP contribution in [0.15, 0.2) is 29.1 Å². The highest BCUT2D eigenvalue weighted by molar-refractivity contribution is 6.31. The first kappa shape index (κ1) is 15.6. The largest absolute Gasteiger partial charge is 0.431 e. The third-order valence-electron chi connectivity index (χ3n) is 3.13. The van der Waals surface area contributed by atoms with Gasteiger partial charge in [-0.05, 0) is 36.8 Å². The smallest absolute Gasteiger partial charge is 0.307 e. The van der Waals surface area contributed by atoms with Crippen molar-refractivity contribution >= 4 is 11.6 Å². The lowest BCUT2D eigenvalue weighted by Crippen LogP contribution is -2.26. The summed E-state index contributed by atoms with van der Waals surface area (Å²) in [5.41, 5.74) is -1.73. The van der Waals surface area contributed by atoms with Gasteiger partial charge in [-0.15, -0.1) is 0 Å². The lowest BCUT2D eigenvalue weighted by atomic mass is 10.0. The molecule has 2 rings (SSSR count). The Labute approximate surface area is 122 Å². The Balaban J connectivity index is 2.71. The molecule has 0 aliphatic rings. The van der Waals surface area contributed by atoms with Crippen molar-refractivity contribution in [3.63, 3.8) is 0 Å². The summed E-state index contributed by atoms with van der Waals surface area (Å²) < 4.78 is 52.5. The zero-order valence-corrected chi connectivity index (χ0v) is 11.8. The van der Waals surface area contributed by atoms with Crippen LogP contribution in [0.1, 0.15) is 11.3 Å². The Hall–Kier alpha value is -1.82. The predicted octanol–water partition coefficient (Wildman–Crippen LogP) is 4.17. The van der Waals surface area contributed by atoms with Gasteiger partial charge in [0.1, 0.15) is 11.5 Å². The van der Waals surface area contributed by atoms with Crippen LogP contribution < -0.4 is 5.56 Å². The topological polar surface area (TPSA) is 22.0 Å². The minimum atomic E-state index is -4.65. The molecule has 1 aromatic carbocycles. The Bertz CT molecular complexity index is 765. The number of nitrogens with zero attached hydrogens (tertiary/aromatic N) is 1. The average Bonchev–Trinajstić information content (AvgIpc) is 2.36. The van der Waals surface area contributed by atoms with Crippen LogP contribution in [0.2, 0.25) is 5.02 Å². The first-order valence-electron chi connectivity index (χ1n) is 5.86. The molecule has 2 nitrogen and oxygen atoms in total. The van der Waals surface area contributed by atoms with Crippen LogP contribution in [0.3, 0.4) is 0 Å². The van der Waals surface area contributed by atoms with E-state index in [9.17, 15) is 22.4 Å². The molecule has 0 fully saturated rings. The summed E-state index contributed by atoms with van der Waals surface area (Å²) in [5, 5.41) is 0.181. The Morgan fingerprint density at radius 2 is 1.76 bits per heavy atom. The first-order valence-corrected chi connectivity index (χ1v) is 6.24. The molecule has 0 unspecified atom stereocenters. The molecule has 7 heteroatoms. The molecule has 0 aliphatic heterocycles. The number of pyridine rings is 1. The second kappa shape index (κ2) is 5.18. The summed E-state index contributed by atoms with van der Waals surface area (Å²) in [5.74, 6) is -0.762. The van der Waals surface area contributed by atoms with Gasteiger partial charge in [0.25, 0.3) is 5.56 Å². The number of rotatable bonds is 1. The van der Waals surface area contributed by atoms with Crippen LogP contribution in [-0.2, 0) is 13.2 Å². The van der Waals surface area contributed by atoms with E-state index >= 15 is 0 Å². The summed E-state index contributed by atoms with van der Waals surface area (Å²) in [6.07, 6.45) is -4.65. The van der Waals surface area contributed by atoms with Gasteiger partial charge in [-0.1, -0.05) is 11.6 Å². The lowest BCUT2D eigenvalue weighted by molar-refractivity contribution is -0.143. The zero-order chi connectivity index (χ0) is 15.9. The van der Waals surface area contributed by atoms with Crippen molar-refractivity contribution in [3.05, 3.63) is 56.7 Å². The summed E-state index contributed by atoms with van der Waals surface area (Å²) in [6.45, 7) is 1.61. The third-order valence-corrected chi connectivity index (χ3v) is 3.54. The van der Waals surface area contributed by atoms with Gasteiger partial charge in [0.15, 0.2) is 0 Å². The van der Waals surface area contributed by atoms with E-state index < -0.39 is 23.2 Å². The molecular formula is C14H10ClF4NO. The summed E-state index contributed by atoms with van der Waals surface area (Å²) in [7, 11) is 0.995. The predicted molar refractivity (Wildman–Crippen MR) is 71.8 cm³/mol. The molecule has 1 heterocycles. The van der Waals surface area contributed by atoms with Crippen molar-refractivity contribution in [3.8, 4) is 11.1 Å². The lowest BCUT2D eigenvalue weighted by Gasteiger charge is -2.13. The molecule has 0 aliphatic carbocycles. The number of hydrogen-bond acceptors (Lipinski definition) is 1. The summed E-state index contributed by atoms with van der Waals surface area (Å²) in [6, 6.07) is 4.09. The van der Waals surface area contributed by atoms with Crippen molar-refractivity contribution < 1.29 is 17.6 Å². The minimum absolute atomic E-state index is 0.0776. The van der Waals surface area contributed by atoms with Gasteiger partial charge in [0, 0.05) is 17.6 Å². The van der Waals surface area contributed by atoms with E-state index in [1.54, 1.807) is 6.92 Å². The molecule has 0 bridgehead atoms.